The monoisotopic (exact) mass is 406 g/mol. The molecular weight excluding hydrogens is 380 g/mol. The first-order chi connectivity index (χ1) is 13.2. The SMILES string of the molecule is COc1cc(C(C)NC(=O)C2CNCCO2)ccc1OCc1ccccc1.Cl. The highest BCUT2D eigenvalue weighted by Crippen LogP contribution is 2.31. The van der Waals surface area contributed by atoms with Gasteiger partial charge in [-0.1, -0.05) is 36.4 Å². The molecule has 6 nitrogen and oxygen atoms in total. The molecule has 2 aromatic carbocycles. The summed E-state index contributed by atoms with van der Waals surface area (Å²) in [5.74, 6) is 1.20. The number of carbonyl (C=O) groups excluding carboxylic acids is 1. The van der Waals surface area contributed by atoms with Gasteiger partial charge in [0.1, 0.15) is 12.7 Å². The highest BCUT2D eigenvalue weighted by Gasteiger charge is 2.23. The summed E-state index contributed by atoms with van der Waals surface area (Å²) >= 11 is 0. The third-order valence-electron chi connectivity index (χ3n) is 4.50. The van der Waals surface area contributed by atoms with Gasteiger partial charge in [0.2, 0.25) is 0 Å². The standard InChI is InChI=1S/C21H26N2O4.ClH/c1-15(23-21(24)20-13-22-10-11-26-20)17-8-9-18(19(12-17)25-2)27-14-16-6-4-3-5-7-16;/h3-9,12,15,20,22H,10-11,13-14H2,1-2H3,(H,23,24);1H. The Hall–Kier alpha value is -2.28. The number of amides is 1. The summed E-state index contributed by atoms with van der Waals surface area (Å²) in [4.78, 5) is 12.3. The second-order valence-corrected chi connectivity index (χ2v) is 6.48. The lowest BCUT2D eigenvalue weighted by Gasteiger charge is -2.25. The van der Waals surface area contributed by atoms with Gasteiger partial charge in [-0.25, -0.2) is 0 Å². The number of halogens is 1. The molecule has 1 aliphatic heterocycles. The summed E-state index contributed by atoms with van der Waals surface area (Å²) in [6, 6.07) is 15.5. The molecule has 0 aliphatic carbocycles. The van der Waals surface area contributed by atoms with Crippen LogP contribution >= 0.6 is 12.4 Å². The summed E-state index contributed by atoms with van der Waals surface area (Å²) < 4.78 is 16.9. The van der Waals surface area contributed by atoms with E-state index in [4.69, 9.17) is 14.2 Å². The molecular formula is C21H27ClN2O4. The maximum Gasteiger partial charge on any atom is 0.250 e. The minimum absolute atomic E-state index is 0. The summed E-state index contributed by atoms with van der Waals surface area (Å²) in [5, 5.41) is 6.15. The number of hydrogen-bond donors (Lipinski definition) is 2. The van der Waals surface area contributed by atoms with Crippen molar-refractivity contribution in [3.8, 4) is 11.5 Å². The van der Waals surface area contributed by atoms with Crippen molar-refractivity contribution in [1.29, 1.82) is 0 Å². The minimum atomic E-state index is -0.448. The van der Waals surface area contributed by atoms with Gasteiger partial charge < -0.3 is 24.8 Å². The molecule has 1 aliphatic rings. The molecule has 0 radical (unpaired) electrons. The highest BCUT2D eigenvalue weighted by molar-refractivity contribution is 5.85. The fraction of sp³-hybridized carbons (Fsp3) is 0.381. The largest absolute Gasteiger partial charge is 0.493 e. The summed E-state index contributed by atoms with van der Waals surface area (Å²) in [6.07, 6.45) is -0.448. The maximum atomic E-state index is 12.3. The van der Waals surface area contributed by atoms with Crippen LogP contribution in [0.2, 0.25) is 0 Å². The van der Waals surface area contributed by atoms with E-state index in [0.29, 0.717) is 31.3 Å². The van der Waals surface area contributed by atoms with Gasteiger partial charge in [0.05, 0.1) is 19.8 Å². The number of rotatable bonds is 7. The van der Waals surface area contributed by atoms with Crippen molar-refractivity contribution in [3.05, 3.63) is 59.7 Å². The van der Waals surface area contributed by atoms with Crippen LogP contribution in [-0.2, 0) is 16.1 Å². The fourth-order valence-corrected chi connectivity index (χ4v) is 2.93. The van der Waals surface area contributed by atoms with Gasteiger partial charge >= 0.3 is 0 Å². The summed E-state index contributed by atoms with van der Waals surface area (Å²) in [7, 11) is 1.61. The molecule has 0 bridgehead atoms. The number of ether oxygens (including phenoxy) is 3. The van der Waals surface area contributed by atoms with Gasteiger partial charge in [0, 0.05) is 13.1 Å². The van der Waals surface area contributed by atoms with Gasteiger partial charge in [-0.05, 0) is 30.2 Å². The van der Waals surface area contributed by atoms with E-state index in [1.54, 1.807) is 7.11 Å². The van der Waals surface area contributed by atoms with Gasteiger partial charge in [-0.2, -0.15) is 0 Å². The van der Waals surface area contributed by atoms with Crippen molar-refractivity contribution in [2.45, 2.75) is 25.7 Å². The third-order valence-corrected chi connectivity index (χ3v) is 4.50. The van der Waals surface area contributed by atoms with Crippen LogP contribution in [0, 0.1) is 0 Å². The molecule has 1 amide bonds. The lowest BCUT2D eigenvalue weighted by Crippen LogP contribution is -2.48. The van der Waals surface area contributed by atoms with Crippen LogP contribution in [0.25, 0.3) is 0 Å². The molecule has 152 valence electrons. The predicted molar refractivity (Wildman–Crippen MR) is 110 cm³/mol. The molecule has 2 atom stereocenters. The van der Waals surface area contributed by atoms with Crippen LogP contribution in [0.4, 0.5) is 0 Å². The normalized spacial score (nSPS) is 17.1. The molecule has 28 heavy (non-hydrogen) atoms. The van der Waals surface area contributed by atoms with E-state index in [9.17, 15) is 4.79 Å². The Kier molecular flexibility index (Phi) is 8.57. The Balaban J connectivity index is 0.00000280. The lowest BCUT2D eigenvalue weighted by molar-refractivity contribution is -0.134. The van der Waals surface area contributed by atoms with Gasteiger partial charge in [-0.3, -0.25) is 4.79 Å². The van der Waals surface area contributed by atoms with Crippen molar-refractivity contribution >= 4 is 18.3 Å². The van der Waals surface area contributed by atoms with E-state index in [1.807, 2.05) is 55.5 Å². The Morgan fingerprint density at radius 1 is 1.25 bits per heavy atom. The maximum absolute atomic E-state index is 12.3. The van der Waals surface area contributed by atoms with E-state index in [2.05, 4.69) is 10.6 Å². The van der Waals surface area contributed by atoms with Gasteiger partial charge in [0.25, 0.3) is 5.91 Å². The zero-order chi connectivity index (χ0) is 19.1. The molecule has 0 spiro atoms. The Morgan fingerprint density at radius 3 is 2.71 bits per heavy atom. The average Bonchev–Trinajstić information content (AvgIpc) is 2.73. The zero-order valence-electron chi connectivity index (χ0n) is 16.1. The highest BCUT2D eigenvalue weighted by atomic mass is 35.5. The van der Waals surface area contributed by atoms with Crippen molar-refractivity contribution in [2.24, 2.45) is 0 Å². The number of nitrogens with one attached hydrogen (secondary N) is 2. The van der Waals surface area contributed by atoms with Crippen LogP contribution in [0.1, 0.15) is 24.1 Å². The van der Waals surface area contributed by atoms with Crippen molar-refractivity contribution in [1.82, 2.24) is 10.6 Å². The molecule has 1 fully saturated rings. The Morgan fingerprint density at radius 2 is 2.04 bits per heavy atom. The van der Waals surface area contributed by atoms with Crippen LogP contribution in [0.3, 0.4) is 0 Å². The number of morpholine rings is 1. The average molecular weight is 407 g/mol. The summed E-state index contributed by atoms with van der Waals surface area (Å²) in [6.45, 7) is 4.27. The fourth-order valence-electron chi connectivity index (χ4n) is 2.93. The van der Waals surface area contributed by atoms with Crippen molar-refractivity contribution < 1.29 is 19.0 Å². The molecule has 3 rings (SSSR count). The lowest BCUT2D eigenvalue weighted by atomic mass is 10.1. The number of methoxy groups -OCH3 is 1. The van der Waals surface area contributed by atoms with Crippen molar-refractivity contribution in [3.63, 3.8) is 0 Å². The zero-order valence-corrected chi connectivity index (χ0v) is 17.0. The van der Waals surface area contributed by atoms with E-state index in [-0.39, 0.29) is 24.4 Å². The molecule has 7 heteroatoms. The van der Waals surface area contributed by atoms with Crippen LogP contribution < -0.4 is 20.1 Å². The minimum Gasteiger partial charge on any atom is -0.493 e. The first-order valence-electron chi connectivity index (χ1n) is 9.14. The molecule has 2 N–H and O–H groups in total. The first kappa shape index (κ1) is 22.0. The number of carbonyl (C=O) groups is 1. The quantitative estimate of drug-likeness (QED) is 0.740. The van der Waals surface area contributed by atoms with Gasteiger partial charge in [-0.15, -0.1) is 12.4 Å². The van der Waals surface area contributed by atoms with E-state index >= 15 is 0 Å². The Labute approximate surface area is 172 Å². The molecule has 1 saturated heterocycles. The molecule has 0 aromatic heterocycles. The van der Waals surface area contributed by atoms with Crippen LogP contribution in [0.15, 0.2) is 48.5 Å². The smallest absolute Gasteiger partial charge is 0.250 e. The van der Waals surface area contributed by atoms with Gasteiger partial charge in [0.15, 0.2) is 11.5 Å². The predicted octanol–water partition coefficient (Wildman–Crippen LogP) is 2.86. The molecule has 2 unspecified atom stereocenters. The van der Waals surface area contributed by atoms with Crippen LogP contribution in [0.5, 0.6) is 11.5 Å². The molecule has 2 aromatic rings. The first-order valence-corrected chi connectivity index (χ1v) is 9.14. The van der Waals surface area contributed by atoms with E-state index in [0.717, 1.165) is 17.7 Å². The number of hydrogen-bond acceptors (Lipinski definition) is 5. The van der Waals surface area contributed by atoms with E-state index in [1.165, 1.54) is 0 Å². The molecule has 0 saturated carbocycles. The van der Waals surface area contributed by atoms with Crippen molar-refractivity contribution in [2.75, 3.05) is 26.8 Å². The Bertz CT molecular complexity index is 751. The van der Waals surface area contributed by atoms with Crippen LogP contribution in [-0.4, -0.2) is 38.8 Å². The second-order valence-electron chi connectivity index (χ2n) is 6.48. The topological polar surface area (TPSA) is 68.8 Å². The second kappa shape index (κ2) is 10.9. The third kappa shape index (κ3) is 5.86. The number of benzene rings is 2. The molecule has 1 heterocycles. The van der Waals surface area contributed by atoms with E-state index < -0.39 is 6.10 Å². The summed E-state index contributed by atoms with van der Waals surface area (Å²) in [5.41, 5.74) is 2.03.